The number of nitrogens with zero attached hydrogens (tertiary/aromatic N) is 6. The summed E-state index contributed by atoms with van der Waals surface area (Å²) in [6.45, 7) is 11.3. The Hall–Kier alpha value is -3.84. The van der Waals surface area contributed by atoms with Gasteiger partial charge in [-0.1, -0.05) is 57.2 Å². The van der Waals surface area contributed by atoms with Crippen LogP contribution in [0.25, 0.3) is 33.5 Å². The van der Waals surface area contributed by atoms with Crippen molar-refractivity contribution in [3.63, 3.8) is 0 Å². The van der Waals surface area contributed by atoms with E-state index in [1.165, 1.54) is 5.56 Å². The second kappa shape index (κ2) is 8.99. The molecular weight excluding hydrogens is 446 g/mol. The molecule has 0 radical (unpaired) electrons. The van der Waals surface area contributed by atoms with Crippen molar-refractivity contribution >= 4 is 27.8 Å². The highest BCUT2D eigenvalue weighted by atomic mass is 15.3. The lowest BCUT2D eigenvalue weighted by Crippen LogP contribution is -2.46. The van der Waals surface area contributed by atoms with Gasteiger partial charge in [0.25, 0.3) is 0 Å². The number of nitrogens with one attached hydrogen (secondary N) is 1. The fraction of sp³-hybridized carbons (Fsp3) is 0.310. The Balaban J connectivity index is 1.17. The van der Waals surface area contributed by atoms with Crippen LogP contribution in [0.15, 0.2) is 67.1 Å². The van der Waals surface area contributed by atoms with Crippen LogP contribution in [0.3, 0.4) is 0 Å². The van der Waals surface area contributed by atoms with Gasteiger partial charge in [0.15, 0.2) is 0 Å². The first-order chi connectivity index (χ1) is 17.4. The molecule has 0 bridgehead atoms. The highest BCUT2D eigenvalue weighted by Gasteiger charge is 2.21. The maximum atomic E-state index is 5.00. The van der Waals surface area contributed by atoms with Gasteiger partial charge >= 0.3 is 0 Å². The van der Waals surface area contributed by atoms with E-state index in [0.717, 1.165) is 77.6 Å². The molecule has 7 heteroatoms. The number of aromatic amines is 1. The van der Waals surface area contributed by atoms with Gasteiger partial charge in [-0.2, -0.15) is 0 Å². The van der Waals surface area contributed by atoms with Crippen molar-refractivity contribution in [2.75, 3.05) is 31.1 Å². The molecule has 5 aromatic rings. The number of rotatable bonds is 4. The first-order valence-corrected chi connectivity index (χ1v) is 12.6. The van der Waals surface area contributed by atoms with Crippen LogP contribution in [0.5, 0.6) is 0 Å². The molecule has 1 aliphatic heterocycles. The Kier molecular flexibility index (Phi) is 5.64. The average Bonchev–Trinajstić information content (AvgIpc) is 3.33. The molecule has 182 valence electrons. The molecule has 36 heavy (non-hydrogen) atoms. The molecule has 1 N–H and O–H groups in total. The first-order valence-electron chi connectivity index (χ1n) is 12.6. The van der Waals surface area contributed by atoms with Crippen LogP contribution in [0.1, 0.15) is 32.0 Å². The normalized spacial score (nSPS) is 15.1. The third kappa shape index (κ3) is 4.42. The predicted molar refractivity (Wildman–Crippen MR) is 145 cm³/mol. The van der Waals surface area contributed by atoms with E-state index < -0.39 is 0 Å². The van der Waals surface area contributed by atoms with E-state index in [2.05, 4.69) is 69.8 Å². The minimum atomic E-state index is 0.131. The highest BCUT2D eigenvalue weighted by molar-refractivity contribution is 5.90. The zero-order chi connectivity index (χ0) is 24.7. The van der Waals surface area contributed by atoms with E-state index in [1.54, 1.807) is 0 Å². The van der Waals surface area contributed by atoms with Crippen LogP contribution in [0.2, 0.25) is 0 Å². The second-order valence-corrected chi connectivity index (χ2v) is 10.6. The van der Waals surface area contributed by atoms with Gasteiger partial charge < -0.3 is 9.88 Å². The lowest BCUT2D eigenvalue weighted by molar-refractivity contribution is 0.247. The fourth-order valence-electron chi connectivity index (χ4n) is 4.86. The molecule has 1 saturated heterocycles. The number of para-hydroxylation sites is 2. The van der Waals surface area contributed by atoms with Crippen molar-refractivity contribution in [2.24, 2.45) is 0 Å². The topological polar surface area (TPSA) is 73.8 Å². The summed E-state index contributed by atoms with van der Waals surface area (Å²) in [4.78, 5) is 27.2. The summed E-state index contributed by atoms with van der Waals surface area (Å²) in [6, 6.07) is 16.7. The van der Waals surface area contributed by atoms with Gasteiger partial charge in [0.05, 0.1) is 46.5 Å². The second-order valence-electron chi connectivity index (χ2n) is 10.6. The molecule has 7 nitrogen and oxygen atoms in total. The molecule has 2 aromatic carbocycles. The van der Waals surface area contributed by atoms with Crippen molar-refractivity contribution in [3.05, 3.63) is 78.4 Å². The van der Waals surface area contributed by atoms with Gasteiger partial charge in [-0.05, 0) is 23.1 Å². The Labute approximate surface area is 211 Å². The fourth-order valence-corrected chi connectivity index (χ4v) is 4.86. The van der Waals surface area contributed by atoms with Crippen LogP contribution >= 0.6 is 0 Å². The highest BCUT2D eigenvalue weighted by Crippen LogP contribution is 2.30. The minimum absolute atomic E-state index is 0.131. The zero-order valence-electron chi connectivity index (χ0n) is 21.1. The van der Waals surface area contributed by atoms with Gasteiger partial charge in [-0.25, -0.2) is 9.97 Å². The van der Waals surface area contributed by atoms with Crippen molar-refractivity contribution in [3.8, 4) is 11.4 Å². The van der Waals surface area contributed by atoms with Crippen molar-refractivity contribution in [2.45, 2.75) is 32.7 Å². The summed E-state index contributed by atoms with van der Waals surface area (Å²) in [5, 5.41) is 0. The van der Waals surface area contributed by atoms with E-state index in [0.29, 0.717) is 0 Å². The molecule has 0 amide bonds. The summed E-state index contributed by atoms with van der Waals surface area (Å²) < 4.78 is 0. The molecule has 0 spiro atoms. The number of benzene rings is 2. The summed E-state index contributed by atoms with van der Waals surface area (Å²) >= 11 is 0. The number of pyridine rings is 1. The number of anilines is 1. The lowest BCUT2D eigenvalue weighted by Gasteiger charge is -2.35. The molecule has 4 heterocycles. The molecule has 1 aliphatic rings. The standard InChI is InChI=1S/C29H31N7/c1-29(2,3)21-10-8-20(9-11-21)28-33-25-17-30-18-26(27(25)34-28)36-14-12-35(13-15-36)19-22-16-31-23-6-4-5-7-24(23)32-22/h4-11,16-18H,12-15,19H2,1-3H3,(H,33,34). The summed E-state index contributed by atoms with van der Waals surface area (Å²) in [6.07, 6.45) is 5.71. The Morgan fingerprint density at radius 3 is 2.33 bits per heavy atom. The predicted octanol–water partition coefficient (Wildman–Crippen LogP) is 5.19. The van der Waals surface area contributed by atoms with E-state index >= 15 is 0 Å². The number of piperazine rings is 1. The molecule has 0 unspecified atom stereocenters. The Morgan fingerprint density at radius 2 is 1.58 bits per heavy atom. The third-order valence-corrected chi connectivity index (χ3v) is 7.00. The van der Waals surface area contributed by atoms with Crippen LogP contribution in [0, 0.1) is 0 Å². The number of hydrogen-bond donors (Lipinski definition) is 1. The number of H-pyrrole nitrogens is 1. The van der Waals surface area contributed by atoms with Crippen molar-refractivity contribution < 1.29 is 0 Å². The largest absolute Gasteiger partial charge is 0.366 e. The van der Waals surface area contributed by atoms with E-state index in [1.807, 2.05) is 42.9 Å². The molecular formula is C29H31N7. The monoisotopic (exact) mass is 477 g/mol. The maximum absolute atomic E-state index is 5.00. The van der Waals surface area contributed by atoms with Crippen molar-refractivity contribution in [1.29, 1.82) is 0 Å². The van der Waals surface area contributed by atoms with Crippen LogP contribution in [-0.2, 0) is 12.0 Å². The number of aromatic nitrogens is 5. The van der Waals surface area contributed by atoms with Crippen LogP contribution < -0.4 is 4.90 Å². The average molecular weight is 478 g/mol. The van der Waals surface area contributed by atoms with Gasteiger partial charge in [0.2, 0.25) is 0 Å². The maximum Gasteiger partial charge on any atom is 0.138 e. The molecule has 3 aromatic heterocycles. The van der Waals surface area contributed by atoms with Gasteiger partial charge in [-0.3, -0.25) is 14.9 Å². The third-order valence-electron chi connectivity index (χ3n) is 7.00. The number of imidazole rings is 1. The van der Waals surface area contributed by atoms with E-state index in [4.69, 9.17) is 9.97 Å². The minimum Gasteiger partial charge on any atom is -0.366 e. The SMILES string of the molecule is CC(C)(C)c1ccc(-c2nc3c(N4CCN(Cc5cnc6ccccc6n5)CC4)cncc3[nH]2)cc1. The Bertz CT molecular complexity index is 1510. The van der Waals surface area contributed by atoms with E-state index in [-0.39, 0.29) is 5.41 Å². The molecule has 6 rings (SSSR count). The first kappa shape index (κ1) is 22.6. The molecule has 1 fully saturated rings. The van der Waals surface area contributed by atoms with Crippen molar-refractivity contribution in [1.82, 2.24) is 29.8 Å². The summed E-state index contributed by atoms with van der Waals surface area (Å²) in [7, 11) is 0. The van der Waals surface area contributed by atoms with Gasteiger partial charge in [0.1, 0.15) is 11.3 Å². The van der Waals surface area contributed by atoms with Crippen LogP contribution in [-0.4, -0.2) is 56.0 Å². The number of hydrogen-bond acceptors (Lipinski definition) is 6. The lowest BCUT2D eigenvalue weighted by atomic mass is 9.87. The van der Waals surface area contributed by atoms with Gasteiger partial charge in [0, 0.05) is 38.3 Å². The number of fused-ring (bicyclic) bond motifs is 2. The van der Waals surface area contributed by atoms with Gasteiger partial charge in [-0.15, -0.1) is 0 Å². The zero-order valence-corrected chi connectivity index (χ0v) is 21.1. The molecule has 0 aliphatic carbocycles. The molecule has 0 atom stereocenters. The summed E-state index contributed by atoms with van der Waals surface area (Å²) in [5.41, 5.74) is 8.48. The van der Waals surface area contributed by atoms with Crippen LogP contribution in [0.4, 0.5) is 5.69 Å². The smallest absolute Gasteiger partial charge is 0.138 e. The molecule has 0 saturated carbocycles. The quantitative estimate of drug-likeness (QED) is 0.384. The summed E-state index contributed by atoms with van der Waals surface area (Å²) in [5.74, 6) is 0.883. The van der Waals surface area contributed by atoms with E-state index in [9.17, 15) is 0 Å². The Morgan fingerprint density at radius 1 is 0.833 bits per heavy atom.